The van der Waals surface area contributed by atoms with Gasteiger partial charge in [0, 0.05) is 11.8 Å². The number of hydrogen-bond acceptors (Lipinski definition) is 5. The number of rotatable bonds is 5. The van der Waals surface area contributed by atoms with E-state index in [2.05, 4.69) is 10.0 Å². The maximum Gasteiger partial charge on any atom is 0.241 e. The summed E-state index contributed by atoms with van der Waals surface area (Å²) in [7, 11) is -3.85. The average Bonchev–Trinajstić information content (AvgIpc) is 3.07. The molecule has 8 heteroatoms. The second kappa shape index (κ2) is 7.21. The number of anilines is 1. The van der Waals surface area contributed by atoms with Crippen LogP contribution in [0.15, 0.2) is 47.4 Å². The van der Waals surface area contributed by atoms with Crippen LogP contribution in [0.25, 0.3) is 0 Å². The molecule has 144 valence electrons. The summed E-state index contributed by atoms with van der Waals surface area (Å²) in [5, 5.41) is 2.77. The molecule has 0 aliphatic carbocycles. The SMILES string of the molecule is CC(C)(C)c1ccccc1NC(=O)CNS(=O)(=O)c1ccc2c(c1)OCO2. The number of benzene rings is 2. The first-order valence-corrected chi connectivity index (χ1v) is 9.94. The lowest BCUT2D eigenvalue weighted by Gasteiger charge is -2.23. The monoisotopic (exact) mass is 390 g/mol. The highest BCUT2D eigenvalue weighted by molar-refractivity contribution is 7.89. The topological polar surface area (TPSA) is 93.7 Å². The molecule has 1 heterocycles. The molecule has 1 aliphatic rings. The van der Waals surface area contributed by atoms with Crippen LogP contribution >= 0.6 is 0 Å². The molecule has 2 aromatic carbocycles. The van der Waals surface area contributed by atoms with E-state index in [9.17, 15) is 13.2 Å². The molecule has 0 radical (unpaired) electrons. The second-order valence-electron chi connectivity index (χ2n) is 7.18. The van der Waals surface area contributed by atoms with E-state index in [1.54, 1.807) is 6.07 Å². The summed E-state index contributed by atoms with van der Waals surface area (Å²) >= 11 is 0. The third-order valence-electron chi connectivity index (χ3n) is 4.09. The number of sulfonamides is 1. The molecule has 0 spiro atoms. The number of fused-ring (bicyclic) bond motifs is 1. The standard InChI is InChI=1S/C19H22N2O5S/c1-19(2,3)14-6-4-5-7-15(14)21-18(22)11-20-27(23,24)13-8-9-16-17(10-13)26-12-25-16/h4-10,20H,11-12H2,1-3H3,(H,21,22). The first-order chi connectivity index (χ1) is 12.7. The van der Waals surface area contributed by atoms with Crippen LogP contribution in [0.3, 0.4) is 0 Å². The van der Waals surface area contributed by atoms with Crippen LogP contribution < -0.4 is 19.5 Å². The fourth-order valence-corrected chi connectivity index (χ4v) is 3.73. The van der Waals surface area contributed by atoms with Crippen LogP contribution in [-0.4, -0.2) is 27.7 Å². The molecule has 0 unspecified atom stereocenters. The third-order valence-corrected chi connectivity index (χ3v) is 5.49. The van der Waals surface area contributed by atoms with E-state index in [1.807, 2.05) is 39.0 Å². The summed E-state index contributed by atoms with van der Waals surface area (Å²) in [6.07, 6.45) is 0. The zero-order valence-electron chi connectivity index (χ0n) is 15.4. The number of para-hydroxylation sites is 1. The minimum absolute atomic E-state index is 0.00893. The van der Waals surface area contributed by atoms with Gasteiger partial charge in [0.25, 0.3) is 0 Å². The fourth-order valence-electron chi connectivity index (χ4n) is 2.73. The molecular weight excluding hydrogens is 368 g/mol. The van der Waals surface area contributed by atoms with E-state index in [1.165, 1.54) is 18.2 Å². The Balaban J connectivity index is 1.67. The third kappa shape index (κ3) is 4.40. The minimum atomic E-state index is -3.85. The van der Waals surface area contributed by atoms with E-state index in [-0.39, 0.29) is 23.6 Å². The molecular formula is C19H22N2O5S. The minimum Gasteiger partial charge on any atom is -0.454 e. The van der Waals surface area contributed by atoms with E-state index in [4.69, 9.17) is 9.47 Å². The van der Waals surface area contributed by atoms with Gasteiger partial charge >= 0.3 is 0 Å². The molecule has 2 aromatic rings. The lowest BCUT2D eigenvalue weighted by atomic mass is 9.86. The van der Waals surface area contributed by atoms with Crippen LogP contribution in [0.2, 0.25) is 0 Å². The van der Waals surface area contributed by atoms with Crippen LogP contribution in [-0.2, 0) is 20.2 Å². The summed E-state index contributed by atoms with van der Waals surface area (Å²) < 4.78 is 37.5. The summed E-state index contributed by atoms with van der Waals surface area (Å²) in [6.45, 7) is 5.80. The van der Waals surface area contributed by atoms with Crippen molar-refractivity contribution in [2.45, 2.75) is 31.1 Å². The Morgan fingerprint density at radius 2 is 1.78 bits per heavy atom. The van der Waals surface area contributed by atoms with E-state index in [0.29, 0.717) is 17.2 Å². The Kier molecular flexibility index (Phi) is 5.12. The van der Waals surface area contributed by atoms with E-state index < -0.39 is 15.9 Å². The molecule has 7 nitrogen and oxygen atoms in total. The van der Waals surface area contributed by atoms with E-state index >= 15 is 0 Å². The van der Waals surface area contributed by atoms with Gasteiger partial charge in [0.15, 0.2) is 11.5 Å². The Morgan fingerprint density at radius 3 is 2.52 bits per heavy atom. The van der Waals surface area contributed by atoms with Crippen molar-refractivity contribution in [3.05, 3.63) is 48.0 Å². The number of carbonyl (C=O) groups is 1. The van der Waals surface area contributed by atoms with Crippen LogP contribution in [0.1, 0.15) is 26.3 Å². The van der Waals surface area contributed by atoms with Crippen molar-refractivity contribution < 1.29 is 22.7 Å². The van der Waals surface area contributed by atoms with Gasteiger partial charge in [0.1, 0.15) is 0 Å². The summed E-state index contributed by atoms with van der Waals surface area (Å²) in [5.74, 6) is 0.405. The lowest BCUT2D eigenvalue weighted by Crippen LogP contribution is -2.33. The maximum absolute atomic E-state index is 12.4. The highest BCUT2D eigenvalue weighted by Gasteiger charge is 2.22. The first kappa shape index (κ1) is 19.2. The Bertz CT molecular complexity index is 964. The van der Waals surface area contributed by atoms with Gasteiger partial charge in [-0.15, -0.1) is 0 Å². The quantitative estimate of drug-likeness (QED) is 0.819. The number of carbonyl (C=O) groups excluding carboxylic acids is 1. The normalized spacial score (nSPS) is 13.4. The van der Waals surface area contributed by atoms with Gasteiger partial charge in [-0.05, 0) is 29.2 Å². The highest BCUT2D eigenvalue weighted by atomic mass is 32.2. The van der Waals surface area contributed by atoms with Gasteiger partial charge in [0.05, 0.1) is 11.4 Å². The van der Waals surface area contributed by atoms with Gasteiger partial charge in [-0.3, -0.25) is 4.79 Å². The van der Waals surface area contributed by atoms with Crippen LogP contribution in [0, 0.1) is 0 Å². The molecule has 1 amide bonds. The molecule has 0 bridgehead atoms. The van der Waals surface area contributed by atoms with Crippen LogP contribution in [0.4, 0.5) is 5.69 Å². The van der Waals surface area contributed by atoms with Crippen molar-refractivity contribution in [3.8, 4) is 11.5 Å². The van der Waals surface area contributed by atoms with Crippen molar-refractivity contribution in [3.63, 3.8) is 0 Å². The molecule has 0 aromatic heterocycles. The van der Waals surface area contributed by atoms with Crippen molar-refractivity contribution in [1.29, 1.82) is 0 Å². The first-order valence-electron chi connectivity index (χ1n) is 8.45. The maximum atomic E-state index is 12.4. The summed E-state index contributed by atoms with van der Waals surface area (Å²) in [6, 6.07) is 11.8. The van der Waals surface area contributed by atoms with Gasteiger partial charge in [-0.2, -0.15) is 0 Å². The predicted molar refractivity (Wildman–Crippen MR) is 102 cm³/mol. The van der Waals surface area contributed by atoms with Crippen molar-refractivity contribution in [2.24, 2.45) is 0 Å². The van der Waals surface area contributed by atoms with Gasteiger partial charge < -0.3 is 14.8 Å². The van der Waals surface area contributed by atoms with Crippen molar-refractivity contribution >= 4 is 21.6 Å². The predicted octanol–water partition coefficient (Wildman–Crippen LogP) is 2.63. The molecule has 0 atom stereocenters. The lowest BCUT2D eigenvalue weighted by molar-refractivity contribution is -0.115. The second-order valence-corrected chi connectivity index (χ2v) is 8.95. The largest absolute Gasteiger partial charge is 0.454 e. The number of hydrogen-bond donors (Lipinski definition) is 2. The molecule has 1 aliphatic heterocycles. The smallest absolute Gasteiger partial charge is 0.241 e. The number of amides is 1. The molecule has 3 rings (SSSR count). The molecule has 0 fully saturated rings. The molecule has 2 N–H and O–H groups in total. The van der Waals surface area contributed by atoms with Gasteiger partial charge in [-0.1, -0.05) is 39.0 Å². The zero-order valence-corrected chi connectivity index (χ0v) is 16.2. The Hall–Kier alpha value is -2.58. The highest BCUT2D eigenvalue weighted by Crippen LogP contribution is 2.33. The molecule has 0 saturated heterocycles. The number of ether oxygens (including phenoxy) is 2. The zero-order chi connectivity index (χ0) is 19.7. The van der Waals surface area contributed by atoms with Crippen molar-refractivity contribution in [2.75, 3.05) is 18.7 Å². The molecule has 27 heavy (non-hydrogen) atoms. The van der Waals surface area contributed by atoms with Crippen molar-refractivity contribution in [1.82, 2.24) is 4.72 Å². The molecule has 0 saturated carbocycles. The summed E-state index contributed by atoms with van der Waals surface area (Å²) in [5.41, 5.74) is 1.48. The average molecular weight is 390 g/mol. The fraction of sp³-hybridized carbons (Fsp3) is 0.316. The van der Waals surface area contributed by atoms with Crippen LogP contribution in [0.5, 0.6) is 11.5 Å². The Morgan fingerprint density at radius 1 is 1.07 bits per heavy atom. The van der Waals surface area contributed by atoms with Gasteiger partial charge in [0.2, 0.25) is 22.7 Å². The van der Waals surface area contributed by atoms with E-state index in [0.717, 1.165) is 5.56 Å². The van der Waals surface area contributed by atoms with Gasteiger partial charge in [-0.25, -0.2) is 13.1 Å². The Labute approximate surface area is 158 Å². The number of nitrogens with one attached hydrogen (secondary N) is 2. The summed E-state index contributed by atoms with van der Waals surface area (Å²) in [4.78, 5) is 12.3.